The number of rotatable bonds is 4. The first kappa shape index (κ1) is 28.1. The van der Waals surface area contributed by atoms with Gasteiger partial charge >= 0.3 is 6.18 Å². The van der Waals surface area contributed by atoms with Crippen molar-refractivity contribution in [3.8, 4) is 0 Å². The molecular weight excluding hydrogens is 600 g/mol. The number of halogens is 6. The Hall–Kier alpha value is -3.07. The fourth-order valence-corrected chi connectivity index (χ4v) is 7.95. The SMILES string of the molecule is CC(C)[C@@H](C(=O)Nc1cc(C(F)(F)F)ccc1Cl)N1C(=O)[C@@H]2[C@@H](C1=O)C1(Cl)c3ccccc3C2(Cl)c2ccccc21. The molecule has 3 aromatic rings. The minimum absolute atomic E-state index is 0.134. The average Bonchev–Trinajstić information content (AvgIpc) is 3.19. The molecule has 0 saturated carbocycles. The highest BCUT2D eigenvalue weighted by molar-refractivity contribution is 6.36. The molecule has 5 nitrogen and oxygen atoms in total. The number of anilines is 1. The lowest BCUT2D eigenvalue weighted by Gasteiger charge is -2.54. The van der Waals surface area contributed by atoms with E-state index in [1.807, 2.05) is 0 Å². The van der Waals surface area contributed by atoms with Gasteiger partial charge in [0.25, 0.3) is 0 Å². The molecule has 4 aliphatic rings. The van der Waals surface area contributed by atoms with Gasteiger partial charge in [0, 0.05) is 0 Å². The van der Waals surface area contributed by atoms with Crippen molar-refractivity contribution in [2.24, 2.45) is 17.8 Å². The maximum Gasteiger partial charge on any atom is 0.416 e. The zero-order valence-corrected chi connectivity index (χ0v) is 23.9. The van der Waals surface area contributed by atoms with E-state index >= 15 is 0 Å². The molecule has 2 bridgehead atoms. The molecular formula is C30H22Cl3F3N2O3. The standard InChI is InChI=1S/C30H22Cl3F3N2O3/c1-14(2)24(25(39)37-21-13-15(30(34,35)36)11-12-20(21)31)38-26(40)22-23(27(38)41)29(33)17-8-4-3-7-16(17)28(22,32)18-9-5-6-10-19(18)29/h3-14,22-24H,1-2H3,(H,37,39)/t22-,23-,24-,28?,29?/m0/s1. The van der Waals surface area contributed by atoms with Crippen LogP contribution < -0.4 is 5.32 Å². The van der Waals surface area contributed by atoms with Crippen LogP contribution in [-0.4, -0.2) is 28.7 Å². The van der Waals surface area contributed by atoms with E-state index in [0.29, 0.717) is 28.3 Å². The summed E-state index contributed by atoms with van der Waals surface area (Å²) in [5.41, 5.74) is 1.14. The van der Waals surface area contributed by atoms with Crippen LogP contribution in [0.25, 0.3) is 0 Å². The topological polar surface area (TPSA) is 66.5 Å². The minimum atomic E-state index is -4.68. The van der Waals surface area contributed by atoms with Crippen molar-refractivity contribution in [1.29, 1.82) is 0 Å². The summed E-state index contributed by atoms with van der Waals surface area (Å²) in [6.07, 6.45) is -4.68. The summed E-state index contributed by atoms with van der Waals surface area (Å²) in [4.78, 5) is 40.2. The van der Waals surface area contributed by atoms with Crippen LogP contribution >= 0.6 is 34.8 Å². The first-order valence-corrected chi connectivity index (χ1v) is 14.0. The molecule has 3 aliphatic carbocycles. The van der Waals surface area contributed by atoms with E-state index in [2.05, 4.69) is 5.32 Å². The summed E-state index contributed by atoms with van der Waals surface area (Å²) in [7, 11) is 0. The molecule has 3 atom stereocenters. The highest BCUT2D eigenvalue weighted by Crippen LogP contribution is 2.69. The van der Waals surface area contributed by atoms with E-state index < -0.39 is 63.0 Å². The van der Waals surface area contributed by atoms with Gasteiger partial charge in [-0.25, -0.2) is 0 Å². The van der Waals surface area contributed by atoms with Gasteiger partial charge in [0.2, 0.25) is 17.7 Å². The van der Waals surface area contributed by atoms with E-state index in [4.69, 9.17) is 34.8 Å². The van der Waals surface area contributed by atoms with Gasteiger partial charge in [-0.3, -0.25) is 19.3 Å². The maximum absolute atomic E-state index is 14.3. The lowest BCUT2D eigenvalue weighted by atomic mass is 9.54. The molecule has 212 valence electrons. The van der Waals surface area contributed by atoms with Crippen LogP contribution in [0, 0.1) is 17.8 Å². The number of likely N-dealkylation sites (tertiary alicyclic amines) is 1. The number of hydrogen-bond acceptors (Lipinski definition) is 3. The van der Waals surface area contributed by atoms with Gasteiger partial charge in [0.1, 0.15) is 15.8 Å². The highest BCUT2D eigenvalue weighted by Gasteiger charge is 2.73. The van der Waals surface area contributed by atoms with E-state index in [9.17, 15) is 27.6 Å². The Morgan fingerprint density at radius 1 is 0.854 bits per heavy atom. The van der Waals surface area contributed by atoms with Crippen molar-refractivity contribution in [3.05, 3.63) is 99.6 Å². The summed E-state index contributed by atoms with van der Waals surface area (Å²) in [5.74, 6) is -5.07. The monoisotopic (exact) mass is 620 g/mol. The van der Waals surface area contributed by atoms with Crippen LogP contribution in [0.15, 0.2) is 66.7 Å². The summed E-state index contributed by atoms with van der Waals surface area (Å²) < 4.78 is 40.0. The number of imide groups is 1. The summed E-state index contributed by atoms with van der Waals surface area (Å²) in [6, 6.07) is 15.4. The summed E-state index contributed by atoms with van der Waals surface area (Å²) >= 11 is 21.0. The zero-order chi connectivity index (χ0) is 29.6. The molecule has 0 spiro atoms. The quantitative estimate of drug-likeness (QED) is 0.254. The Kier molecular flexibility index (Phi) is 6.31. The number of nitrogens with zero attached hydrogens (tertiary/aromatic N) is 1. The number of carbonyl (C=O) groups is 3. The van der Waals surface area contributed by atoms with E-state index in [0.717, 1.165) is 17.0 Å². The van der Waals surface area contributed by atoms with Crippen LogP contribution in [-0.2, 0) is 30.3 Å². The predicted octanol–water partition coefficient (Wildman–Crippen LogP) is 6.92. The largest absolute Gasteiger partial charge is 0.416 e. The molecule has 3 aromatic carbocycles. The second kappa shape index (κ2) is 9.21. The second-order valence-corrected chi connectivity index (χ2v) is 12.5. The second-order valence-electron chi connectivity index (χ2n) is 10.9. The molecule has 1 aliphatic heterocycles. The van der Waals surface area contributed by atoms with Crippen molar-refractivity contribution in [2.75, 3.05) is 5.32 Å². The number of carbonyl (C=O) groups excluding carboxylic acids is 3. The molecule has 0 aromatic heterocycles. The summed E-state index contributed by atoms with van der Waals surface area (Å²) in [5, 5.41) is 2.28. The Morgan fingerprint density at radius 2 is 1.29 bits per heavy atom. The Bertz CT molecular complexity index is 1520. The van der Waals surface area contributed by atoms with Crippen molar-refractivity contribution in [1.82, 2.24) is 4.90 Å². The molecule has 1 saturated heterocycles. The van der Waals surface area contributed by atoms with Gasteiger partial charge < -0.3 is 5.32 Å². The van der Waals surface area contributed by atoms with E-state index in [-0.39, 0.29) is 10.7 Å². The third-order valence-electron chi connectivity index (χ3n) is 8.35. The first-order chi connectivity index (χ1) is 19.2. The molecule has 3 amide bonds. The normalized spacial score (nSPS) is 27.0. The Balaban J connectivity index is 1.45. The average molecular weight is 622 g/mol. The van der Waals surface area contributed by atoms with Gasteiger partial charge in [0.15, 0.2) is 0 Å². The lowest BCUT2D eigenvalue weighted by molar-refractivity contribution is -0.148. The van der Waals surface area contributed by atoms with Gasteiger partial charge in [-0.2, -0.15) is 13.2 Å². The Morgan fingerprint density at radius 3 is 1.68 bits per heavy atom. The number of nitrogens with one attached hydrogen (secondary N) is 1. The number of amides is 3. The molecule has 0 radical (unpaired) electrons. The van der Waals surface area contributed by atoms with Gasteiger partial charge in [-0.05, 0) is 46.4 Å². The number of alkyl halides is 5. The van der Waals surface area contributed by atoms with Crippen LogP contribution in [0.5, 0.6) is 0 Å². The number of benzene rings is 3. The van der Waals surface area contributed by atoms with Crippen molar-refractivity contribution < 1.29 is 27.6 Å². The van der Waals surface area contributed by atoms with Crippen LogP contribution in [0.1, 0.15) is 41.7 Å². The fourth-order valence-electron chi connectivity index (χ4n) is 6.69. The van der Waals surface area contributed by atoms with Crippen LogP contribution in [0.2, 0.25) is 5.02 Å². The predicted molar refractivity (Wildman–Crippen MR) is 149 cm³/mol. The van der Waals surface area contributed by atoms with Gasteiger partial charge in [-0.15, -0.1) is 23.2 Å². The van der Waals surface area contributed by atoms with Gasteiger partial charge in [-0.1, -0.05) is 74.0 Å². The Labute approximate surface area is 248 Å². The van der Waals surface area contributed by atoms with Crippen molar-refractivity contribution in [2.45, 2.75) is 35.8 Å². The molecule has 11 heteroatoms. The fraction of sp³-hybridized carbons (Fsp3) is 0.300. The molecule has 0 unspecified atom stereocenters. The third-order valence-corrected chi connectivity index (χ3v) is 9.96. The first-order valence-electron chi connectivity index (χ1n) is 12.9. The van der Waals surface area contributed by atoms with Crippen molar-refractivity contribution in [3.63, 3.8) is 0 Å². The smallest absolute Gasteiger partial charge is 0.323 e. The van der Waals surface area contributed by atoms with Gasteiger partial charge in [0.05, 0.1) is 28.1 Å². The van der Waals surface area contributed by atoms with Crippen LogP contribution in [0.3, 0.4) is 0 Å². The lowest BCUT2D eigenvalue weighted by Crippen LogP contribution is -2.57. The van der Waals surface area contributed by atoms with E-state index in [1.54, 1.807) is 62.4 Å². The highest BCUT2D eigenvalue weighted by atomic mass is 35.5. The molecule has 7 rings (SSSR count). The molecule has 1 fully saturated rings. The molecule has 41 heavy (non-hydrogen) atoms. The summed E-state index contributed by atoms with van der Waals surface area (Å²) in [6.45, 7) is 3.26. The molecule has 1 heterocycles. The van der Waals surface area contributed by atoms with Crippen molar-refractivity contribution >= 4 is 58.2 Å². The third kappa shape index (κ3) is 3.73. The maximum atomic E-state index is 14.3. The van der Waals surface area contributed by atoms with E-state index in [1.165, 1.54) is 0 Å². The minimum Gasteiger partial charge on any atom is -0.323 e. The molecule has 1 N–H and O–H groups in total. The zero-order valence-electron chi connectivity index (χ0n) is 21.6. The number of hydrogen-bond donors (Lipinski definition) is 1. The van der Waals surface area contributed by atoms with Crippen LogP contribution in [0.4, 0.5) is 18.9 Å².